The summed E-state index contributed by atoms with van der Waals surface area (Å²) in [5.41, 5.74) is 1.02. The lowest BCUT2D eigenvalue weighted by atomic mass is 10.00. The molecule has 0 aromatic heterocycles. The molecule has 0 aliphatic carbocycles. The largest absolute Gasteiger partial charge is 0.464 e. The number of ether oxygens (including phenoxy) is 1. The summed E-state index contributed by atoms with van der Waals surface area (Å²) < 4.78 is 5.10. The average molecular weight is 430 g/mol. The van der Waals surface area contributed by atoms with Crippen LogP contribution in [0.2, 0.25) is 0 Å². The zero-order chi connectivity index (χ0) is 20.1. The molecular formula is C19H27NO4S3. The van der Waals surface area contributed by atoms with Gasteiger partial charge in [0.25, 0.3) is 0 Å². The van der Waals surface area contributed by atoms with Gasteiger partial charge in [0.15, 0.2) is 5.12 Å². The lowest BCUT2D eigenvalue weighted by molar-refractivity contribution is -0.147. The molecule has 5 nitrogen and oxygen atoms in total. The molecule has 0 aliphatic rings. The minimum Gasteiger partial charge on any atom is -0.464 e. The van der Waals surface area contributed by atoms with Gasteiger partial charge in [0, 0.05) is 23.5 Å². The monoisotopic (exact) mass is 429 g/mol. The van der Waals surface area contributed by atoms with Gasteiger partial charge in [-0.1, -0.05) is 42.1 Å². The molecule has 0 heterocycles. The number of nitrogens with one attached hydrogen (secondary N) is 1. The summed E-state index contributed by atoms with van der Waals surface area (Å²) in [6.45, 7) is 3.50. The molecule has 0 spiro atoms. The minimum absolute atomic E-state index is 0.0293. The highest BCUT2D eigenvalue weighted by Gasteiger charge is 2.27. The topological polar surface area (TPSA) is 72.5 Å². The van der Waals surface area contributed by atoms with Crippen LogP contribution in [-0.2, 0) is 25.5 Å². The molecule has 1 amide bonds. The lowest BCUT2D eigenvalue weighted by Crippen LogP contribution is -2.47. The average Bonchev–Trinajstić information content (AvgIpc) is 2.65. The first-order chi connectivity index (χ1) is 13.0. The van der Waals surface area contributed by atoms with Crippen LogP contribution < -0.4 is 5.32 Å². The first-order valence-corrected chi connectivity index (χ1v) is 12.2. The fourth-order valence-corrected chi connectivity index (χ4v) is 4.51. The maximum Gasteiger partial charge on any atom is 0.329 e. The van der Waals surface area contributed by atoms with E-state index in [-0.39, 0.29) is 17.6 Å². The van der Waals surface area contributed by atoms with E-state index in [9.17, 15) is 14.4 Å². The Morgan fingerprint density at radius 2 is 1.85 bits per heavy atom. The Balaban J connectivity index is 2.81. The number of carbonyl (C=O) groups is 3. The number of amides is 1. The van der Waals surface area contributed by atoms with Crippen LogP contribution in [0.3, 0.4) is 0 Å². The van der Waals surface area contributed by atoms with E-state index in [1.807, 2.05) is 36.6 Å². The fraction of sp³-hybridized carbons (Fsp3) is 0.526. The third kappa shape index (κ3) is 10.1. The molecule has 1 aromatic carbocycles. The predicted molar refractivity (Wildman–Crippen MR) is 116 cm³/mol. The highest BCUT2D eigenvalue weighted by atomic mass is 32.2. The van der Waals surface area contributed by atoms with Crippen molar-refractivity contribution in [1.29, 1.82) is 0 Å². The third-order valence-electron chi connectivity index (χ3n) is 3.56. The molecule has 1 aromatic rings. The van der Waals surface area contributed by atoms with Crippen molar-refractivity contribution >= 4 is 52.3 Å². The second-order valence-electron chi connectivity index (χ2n) is 5.78. The van der Waals surface area contributed by atoms with Gasteiger partial charge in [0.05, 0.1) is 12.5 Å². The van der Waals surface area contributed by atoms with E-state index in [0.717, 1.165) is 22.4 Å². The Morgan fingerprint density at radius 1 is 1.15 bits per heavy atom. The van der Waals surface area contributed by atoms with Crippen molar-refractivity contribution in [2.75, 3.05) is 29.5 Å². The maximum absolute atomic E-state index is 12.9. The molecule has 1 N–H and O–H groups in total. The van der Waals surface area contributed by atoms with E-state index in [2.05, 4.69) is 5.32 Å². The molecule has 0 unspecified atom stereocenters. The number of rotatable bonds is 12. The molecule has 8 heteroatoms. The summed E-state index contributed by atoms with van der Waals surface area (Å²) in [7, 11) is 0. The molecule has 0 saturated heterocycles. The molecule has 0 bridgehead atoms. The van der Waals surface area contributed by atoms with Gasteiger partial charge < -0.3 is 10.1 Å². The number of benzene rings is 1. The van der Waals surface area contributed by atoms with E-state index >= 15 is 0 Å². The summed E-state index contributed by atoms with van der Waals surface area (Å²) in [4.78, 5) is 36.4. The summed E-state index contributed by atoms with van der Waals surface area (Å²) in [5, 5.41) is 3.64. The number of hydrogen-bond donors (Lipinski definition) is 1. The molecule has 27 heavy (non-hydrogen) atoms. The maximum atomic E-state index is 12.9. The van der Waals surface area contributed by atoms with E-state index < -0.39 is 17.9 Å². The van der Waals surface area contributed by atoms with Crippen LogP contribution in [0, 0.1) is 5.92 Å². The van der Waals surface area contributed by atoms with Gasteiger partial charge >= 0.3 is 5.97 Å². The van der Waals surface area contributed by atoms with Crippen molar-refractivity contribution in [3.8, 4) is 0 Å². The highest BCUT2D eigenvalue weighted by molar-refractivity contribution is 8.15. The van der Waals surface area contributed by atoms with Crippen LogP contribution in [0.4, 0.5) is 0 Å². The standard InChI is InChI=1S/C19H27NO4S3/c1-4-24-19(23)17(12-26-13-25-3)20-18(22)16(11-27-14(2)21)10-15-8-6-5-7-9-15/h5-9,16-17H,4,10-13H2,1-3H3,(H,20,22)/t16-,17-/m0/s1. The number of carbonyl (C=O) groups excluding carboxylic acids is 3. The van der Waals surface area contributed by atoms with Gasteiger partial charge in [0.2, 0.25) is 5.91 Å². The molecule has 2 atom stereocenters. The van der Waals surface area contributed by atoms with Gasteiger partial charge in [-0.15, -0.1) is 11.8 Å². The highest BCUT2D eigenvalue weighted by Crippen LogP contribution is 2.17. The molecule has 1 rings (SSSR count). The Morgan fingerprint density at radius 3 is 2.44 bits per heavy atom. The predicted octanol–water partition coefficient (Wildman–Crippen LogP) is 3.23. The summed E-state index contributed by atoms with van der Waals surface area (Å²) >= 11 is 4.37. The van der Waals surface area contributed by atoms with E-state index in [1.165, 1.54) is 6.92 Å². The Labute approximate surface area is 174 Å². The van der Waals surface area contributed by atoms with Gasteiger partial charge in [-0.3, -0.25) is 9.59 Å². The molecular weight excluding hydrogens is 402 g/mol. The number of esters is 1. The first kappa shape index (κ1) is 23.9. The van der Waals surface area contributed by atoms with Crippen LogP contribution in [-0.4, -0.2) is 52.5 Å². The molecule has 0 radical (unpaired) electrons. The van der Waals surface area contributed by atoms with Crippen molar-refractivity contribution in [3.05, 3.63) is 35.9 Å². The van der Waals surface area contributed by atoms with Crippen molar-refractivity contribution in [2.24, 2.45) is 5.92 Å². The first-order valence-electron chi connectivity index (χ1n) is 8.68. The number of thioether (sulfide) groups is 3. The second kappa shape index (κ2) is 14.0. The van der Waals surface area contributed by atoms with Crippen molar-refractivity contribution in [2.45, 2.75) is 26.3 Å². The van der Waals surface area contributed by atoms with Crippen LogP contribution in [0.1, 0.15) is 19.4 Å². The summed E-state index contributed by atoms with van der Waals surface area (Å²) in [6, 6.07) is 8.98. The minimum atomic E-state index is -0.685. The molecule has 0 saturated carbocycles. The van der Waals surface area contributed by atoms with Crippen LogP contribution in [0.5, 0.6) is 0 Å². The quantitative estimate of drug-likeness (QED) is 0.311. The van der Waals surface area contributed by atoms with Gasteiger partial charge in [-0.25, -0.2) is 4.79 Å². The molecule has 0 fully saturated rings. The Hall–Kier alpha value is -1.12. The Bertz CT molecular complexity index is 598. The summed E-state index contributed by atoms with van der Waals surface area (Å²) in [6.07, 6.45) is 2.50. The van der Waals surface area contributed by atoms with Gasteiger partial charge in [-0.2, -0.15) is 11.8 Å². The van der Waals surface area contributed by atoms with E-state index in [0.29, 0.717) is 17.9 Å². The zero-order valence-electron chi connectivity index (χ0n) is 15.9. The van der Waals surface area contributed by atoms with E-state index in [4.69, 9.17) is 4.74 Å². The second-order valence-corrected chi connectivity index (χ2v) is 9.24. The van der Waals surface area contributed by atoms with Crippen LogP contribution in [0.15, 0.2) is 30.3 Å². The van der Waals surface area contributed by atoms with Crippen molar-refractivity contribution in [3.63, 3.8) is 0 Å². The molecule has 150 valence electrons. The van der Waals surface area contributed by atoms with Crippen molar-refractivity contribution in [1.82, 2.24) is 5.32 Å². The Kier molecular flexibility index (Phi) is 12.4. The number of hydrogen-bond acceptors (Lipinski definition) is 7. The third-order valence-corrected chi connectivity index (χ3v) is 6.71. The molecule has 0 aliphatic heterocycles. The SMILES string of the molecule is CCOC(=O)[C@H](CSCSC)NC(=O)[C@H](CSC(C)=O)Cc1ccccc1. The fourth-order valence-electron chi connectivity index (χ4n) is 2.29. The van der Waals surface area contributed by atoms with Gasteiger partial charge in [-0.05, 0) is 25.2 Å². The normalized spacial score (nSPS) is 12.9. The zero-order valence-corrected chi connectivity index (χ0v) is 18.4. The van der Waals surface area contributed by atoms with Gasteiger partial charge in [0.1, 0.15) is 6.04 Å². The van der Waals surface area contributed by atoms with Crippen molar-refractivity contribution < 1.29 is 19.1 Å². The van der Waals surface area contributed by atoms with Crippen LogP contribution >= 0.6 is 35.3 Å². The smallest absolute Gasteiger partial charge is 0.329 e. The lowest BCUT2D eigenvalue weighted by Gasteiger charge is -2.21. The van der Waals surface area contributed by atoms with Crippen LogP contribution in [0.25, 0.3) is 0 Å². The summed E-state index contributed by atoms with van der Waals surface area (Å²) in [5.74, 6) is -0.205. The van der Waals surface area contributed by atoms with E-state index in [1.54, 1.807) is 30.4 Å².